The van der Waals surface area contributed by atoms with Gasteiger partial charge in [-0.1, -0.05) is 0 Å². The highest BCUT2D eigenvalue weighted by molar-refractivity contribution is 5.96. The molecular formula is C15H13F4NO3. The lowest BCUT2D eigenvalue weighted by Crippen LogP contribution is -2.43. The van der Waals surface area contributed by atoms with Crippen molar-refractivity contribution in [2.45, 2.75) is 18.3 Å². The fourth-order valence-corrected chi connectivity index (χ4v) is 2.11. The normalized spacial score (nSPS) is 21.1. The summed E-state index contributed by atoms with van der Waals surface area (Å²) in [6.45, 7) is -1.55. The fourth-order valence-electron chi connectivity index (χ4n) is 2.11. The van der Waals surface area contributed by atoms with E-state index in [1.54, 1.807) is 0 Å². The standard InChI is InChI=1S/C15H13F4NO3/c16-14(17)5-6-15(18,19)9-20(8-7-14)12(21)10-1-3-11(4-2-10)13(22)23/h1-6H,7-9H2,(H,22,23)/b6-5-. The largest absolute Gasteiger partial charge is 0.478 e. The zero-order chi connectivity index (χ0) is 17.3. The van der Waals surface area contributed by atoms with Crippen molar-refractivity contribution in [1.29, 1.82) is 0 Å². The third-order valence-corrected chi connectivity index (χ3v) is 3.35. The Morgan fingerprint density at radius 2 is 1.48 bits per heavy atom. The highest BCUT2D eigenvalue weighted by Crippen LogP contribution is 2.28. The van der Waals surface area contributed by atoms with Gasteiger partial charge in [0.2, 0.25) is 0 Å². The predicted molar refractivity (Wildman–Crippen MR) is 73.0 cm³/mol. The SMILES string of the molecule is O=C(O)c1ccc(C(=O)N2CCC(F)(F)/C=C\C(F)(F)C2)cc1. The van der Waals surface area contributed by atoms with Gasteiger partial charge in [0.15, 0.2) is 0 Å². The van der Waals surface area contributed by atoms with Gasteiger partial charge in [-0.2, -0.15) is 0 Å². The Morgan fingerprint density at radius 3 is 2.04 bits per heavy atom. The number of hydrogen-bond acceptors (Lipinski definition) is 2. The summed E-state index contributed by atoms with van der Waals surface area (Å²) in [5.41, 5.74) is -0.118. The number of carbonyl (C=O) groups is 2. The second-order valence-corrected chi connectivity index (χ2v) is 5.21. The van der Waals surface area contributed by atoms with E-state index in [1.807, 2.05) is 0 Å². The summed E-state index contributed by atoms with van der Waals surface area (Å²) in [5.74, 6) is -9.05. The first-order valence-corrected chi connectivity index (χ1v) is 6.68. The van der Waals surface area contributed by atoms with Crippen LogP contribution in [0.15, 0.2) is 36.4 Å². The minimum atomic E-state index is -3.57. The van der Waals surface area contributed by atoms with E-state index >= 15 is 0 Å². The van der Waals surface area contributed by atoms with E-state index in [-0.39, 0.29) is 23.3 Å². The Hall–Kier alpha value is -2.38. The van der Waals surface area contributed by atoms with Gasteiger partial charge in [0.05, 0.1) is 12.1 Å². The lowest BCUT2D eigenvalue weighted by Gasteiger charge is -2.29. The lowest BCUT2D eigenvalue weighted by atomic mass is 10.1. The molecule has 0 atom stereocenters. The summed E-state index contributed by atoms with van der Waals surface area (Å²) < 4.78 is 53.9. The van der Waals surface area contributed by atoms with Crippen molar-refractivity contribution in [3.63, 3.8) is 0 Å². The molecule has 1 amide bonds. The van der Waals surface area contributed by atoms with E-state index in [9.17, 15) is 27.2 Å². The zero-order valence-corrected chi connectivity index (χ0v) is 11.8. The minimum absolute atomic E-state index is 0.0429. The van der Waals surface area contributed by atoms with E-state index in [2.05, 4.69) is 0 Å². The number of nitrogens with zero attached hydrogens (tertiary/aromatic N) is 1. The first-order valence-electron chi connectivity index (χ1n) is 6.68. The molecule has 1 aliphatic heterocycles. The van der Waals surface area contributed by atoms with Crippen molar-refractivity contribution in [1.82, 2.24) is 4.90 Å². The Bertz CT molecular complexity index is 641. The molecule has 124 valence electrons. The molecule has 0 fully saturated rings. The third kappa shape index (κ3) is 4.30. The number of rotatable bonds is 2. The van der Waals surface area contributed by atoms with Gasteiger partial charge in [-0.25, -0.2) is 22.4 Å². The van der Waals surface area contributed by atoms with Gasteiger partial charge in [0.25, 0.3) is 17.8 Å². The molecule has 8 heteroatoms. The first-order chi connectivity index (χ1) is 10.6. The van der Waals surface area contributed by atoms with E-state index in [1.165, 1.54) is 0 Å². The maximum absolute atomic E-state index is 13.6. The van der Waals surface area contributed by atoms with Crippen LogP contribution in [0.1, 0.15) is 27.1 Å². The number of alkyl halides is 4. The molecule has 2 rings (SSSR count). The van der Waals surface area contributed by atoms with Gasteiger partial charge in [-0.05, 0) is 36.4 Å². The number of amides is 1. The van der Waals surface area contributed by atoms with Crippen molar-refractivity contribution < 1.29 is 32.3 Å². The second kappa shape index (κ2) is 6.02. The summed E-state index contributed by atoms with van der Waals surface area (Å²) in [6, 6.07) is 4.62. The van der Waals surface area contributed by atoms with Gasteiger partial charge in [0.1, 0.15) is 0 Å². The molecule has 23 heavy (non-hydrogen) atoms. The molecule has 1 heterocycles. The van der Waals surface area contributed by atoms with Crippen molar-refractivity contribution in [2.24, 2.45) is 0 Å². The van der Waals surface area contributed by atoms with Crippen LogP contribution in [-0.2, 0) is 0 Å². The van der Waals surface area contributed by atoms with Gasteiger partial charge >= 0.3 is 5.97 Å². The molecule has 0 bridgehead atoms. The zero-order valence-electron chi connectivity index (χ0n) is 11.8. The average molecular weight is 331 g/mol. The molecule has 1 N–H and O–H groups in total. The molecule has 0 saturated carbocycles. The van der Waals surface area contributed by atoms with Crippen LogP contribution in [0.25, 0.3) is 0 Å². The van der Waals surface area contributed by atoms with Crippen LogP contribution in [0.2, 0.25) is 0 Å². The molecular weight excluding hydrogens is 318 g/mol. The highest BCUT2D eigenvalue weighted by atomic mass is 19.3. The molecule has 1 aromatic rings. The lowest BCUT2D eigenvalue weighted by molar-refractivity contribution is -0.0161. The van der Waals surface area contributed by atoms with E-state index < -0.39 is 43.2 Å². The van der Waals surface area contributed by atoms with Crippen LogP contribution in [0, 0.1) is 0 Å². The van der Waals surface area contributed by atoms with Crippen molar-refractivity contribution in [2.75, 3.05) is 13.1 Å². The first kappa shape index (κ1) is 17.0. The van der Waals surface area contributed by atoms with Crippen molar-refractivity contribution in [3.8, 4) is 0 Å². The number of halogens is 4. The summed E-state index contributed by atoms with van der Waals surface area (Å²) >= 11 is 0. The minimum Gasteiger partial charge on any atom is -0.478 e. The predicted octanol–water partition coefficient (Wildman–Crippen LogP) is 3.06. The molecule has 1 aromatic carbocycles. The van der Waals surface area contributed by atoms with Gasteiger partial charge in [0, 0.05) is 18.5 Å². The van der Waals surface area contributed by atoms with Crippen LogP contribution in [0.5, 0.6) is 0 Å². The Labute approximate surface area is 129 Å². The molecule has 0 saturated heterocycles. The summed E-state index contributed by atoms with van der Waals surface area (Å²) in [5, 5.41) is 8.77. The number of carboxylic acid groups (broad SMARTS) is 1. The van der Waals surface area contributed by atoms with Crippen molar-refractivity contribution >= 4 is 11.9 Å². The monoisotopic (exact) mass is 331 g/mol. The number of aromatic carboxylic acids is 1. The molecule has 4 nitrogen and oxygen atoms in total. The Kier molecular flexibility index (Phi) is 4.44. The van der Waals surface area contributed by atoms with Gasteiger partial charge in [-0.15, -0.1) is 0 Å². The Balaban J connectivity index is 2.23. The molecule has 1 aliphatic rings. The smallest absolute Gasteiger partial charge is 0.335 e. The highest BCUT2D eigenvalue weighted by Gasteiger charge is 2.38. The number of allylic oxidation sites excluding steroid dienone is 1. The second-order valence-electron chi connectivity index (χ2n) is 5.21. The summed E-state index contributed by atoms with van der Waals surface area (Å²) in [7, 11) is 0. The van der Waals surface area contributed by atoms with Crippen LogP contribution in [0.4, 0.5) is 17.6 Å². The quantitative estimate of drug-likeness (QED) is 0.669. The van der Waals surface area contributed by atoms with Gasteiger partial charge in [-0.3, -0.25) is 4.79 Å². The van der Waals surface area contributed by atoms with Crippen molar-refractivity contribution in [3.05, 3.63) is 47.5 Å². The third-order valence-electron chi connectivity index (χ3n) is 3.35. The van der Waals surface area contributed by atoms with Crippen LogP contribution in [0.3, 0.4) is 0 Å². The molecule has 0 radical (unpaired) electrons. The van der Waals surface area contributed by atoms with E-state index in [0.717, 1.165) is 24.3 Å². The fraction of sp³-hybridized carbons (Fsp3) is 0.333. The maximum atomic E-state index is 13.6. The van der Waals surface area contributed by atoms with E-state index in [0.29, 0.717) is 4.90 Å². The summed E-state index contributed by atoms with van der Waals surface area (Å²) in [6.07, 6.45) is -0.491. The Morgan fingerprint density at radius 1 is 0.957 bits per heavy atom. The number of hydrogen-bond donors (Lipinski definition) is 1. The topological polar surface area (TPSA) is 57.6 Å². The van der Waals surface area contributed by atoms with E-state index in [4.69, 9.17) is 5.11 Å². The average Bonchev–Trinajstić information content (AvgIpc) is 2.48. The number of carbonyl (C=O) groups excluding carboxylic acids is 1. The van der Waals surface area contributed by atoms with Crippen LogP contribution >= 0.6 is 0 Å². The van der Waals surface area contributed by atoms with Crippen LogP contribution in [-0.4, -0.2) is 46.8 Å². The number of benzene rings is 1. The summed E-state index contributed by atoms with van der Waals surface area (Å²) in [4.78, 5) is 23.6. The molecule has 0 aliphatic carbocycles. The maximum Gasteiger partial charge on any atom is 0.335 e. The molecule has 0 aromatic heterocycles. The molecule has 0 spiro atoms. The van der Waals surface area contributed by atoms with Crippen LogP contribution < -0.4 is 0 Å². The number of carboxylic acids is 1. The molecule has 0 unspecified atom stereocenters. The van der Waals surface area contributed by atoms with Gasteiger partial charge < -0.3 is 10.0 Å².